The van der Waals surface area contributed by atoms with Crippen molar-refractivity contribution in [3.8, 4) is 0 Å². The molecular weight excluding hydrogens is 250 g/mol. The number of ether oxygens (including phenoxy) is 1. The van der Waals surface area contributed by atoms with E-state index in [-0.39, 0.29) is 11.2 Å². The maximum atomic E-state index is 12.3. The van der Waals surface area contributed by atoms with E-state index in [2.05, 4.69) is 31.7 Å². The van der Waals surface area contributed by atoms with Crippen LogP contribution in [0.25, 0.3) is 0 Å². The van der Waals surface area contributed by atoms with Gasteiger partial charge in [-0.1, -0.05) is 39.0 Å². The summed E-state index contributed by atoms with van der Waals surface area (Å²) < 4.78 is 5.32. The highest BCUT2D eigenvalue weighted by atomic mass is 16.5. The average Bonchev–Trinajstić information content (AvgIpc) is 2.45. The Kier molecular flexibility index (Phi) is 4.95. The van der Waals surface area contributed by atoms with E-state index < -0.39 is 0 Å². The predicted molar refractivity (Wildman–Crippen MR) is 81.3 cm³/mol. The van der Waals surface area contributed by atoms with Crippen molar-refractivity contribution >= 4 is 5.78 Å². The summed E-state index contributed by atoms with van der Waals surface area (Å²) in [5.41, 5.74) is 2.14. The molecule has 1 aliphatic heterocycles. The van der Waals surface area contributed by atoms with Crippen LogP contribution in [0.4, 0.5) is 0 Å². The lowest BCUT2D eigenvalue weighted by atomic mass is 9.85. The van der Waals surface area contributed by atoms with Crippen LogP contribution in [-0.2, 0) is 10.2 Å². The molecule has 20 heavy (non-hydrogen) atoms. The zero-order chi connectivity index (χ0) is 14.6. The van der Waals surface area contributed by atoms with Gasteiger partial charge in [-0.2, -0.15) is 0 Å². The first kappa shape index (κ1) is 15.2. The van der Waals surface area contributed by atoms with Crippen LogP contribution >= 0.6 is 0 Å². The monoisotopic (exact) mass is 275 g/mol. The fraction of sp³-hybridized carbons (Fsp3) is 0.588. The number of morpholine rings is 1. The molecule has 0 radical (unpaired) electrons. The van der Waals surface area contributed by atoms with Crippen molar-refractivity contribution in [3.63, 3.8) is 0 Å². The van der Waals surface area contributed by atoms with E-state index in [9.17, 15) is 4.79 Å². The Labute approximate surface area is 121 Å². The lowest BCUT2D eigenvalue weighted by molar-refractivity contribution is 0.0370. The molecule has 0 unspecified atom stereocenters. The van der Waals surface area contributed by atoms with Crippen LogP contribution in [0.1, 0.15) is 43.1 Å². The van der Waals surface area contributed by atoms with Gasteiger partial charge in [0.25, 0.3) is 0 Å². The van der Waals surface area contributed by atoms with Crippen LogP contribution < -0.4 is 0 Å². The molecule has 3 heteroatoms. The minimum atomic E-state index is 0.0838. The van der Waals surface area contributed by atoms with E-state index in [0.29, 0.717) is 6.42 Å². The quantitative estimate of drug-likeness (QED) is 0.791. The topological polar surface area (TPSA) is 29.5 Å². The van der Waals surface area contributed by atoms with Crippen LogP contribution in [0.15, 0.2) is 24.3 Å². The van der Waals surface area contributed by atoms with Crippen molar-refractivity contribution in [2.45, 2.75) is 32.6 Å². The molecule has 0 spiro atoms. The molecule has 1 aromatic carbocycles. The number of ketones is 1. The van der Waals surface area contributed by atoms with E-state index in [4.69, 9.17) is 4.74 Å². The third-order valence-electron chi connectivity index (χ3n) is 3.81. The molecule has 3 nitrogen and oxygen atoms in total. The van der Waals surface area contributed by atoms with Crippen molar-refractivity contribution in [1.82, 2.24) is 4.90 Å². The molecule has 0 aromatic heterocycles. The van der Waals surface area contributed by atoms with Crippen molar-refractivity contribution in [2.75, 3.05) is 32.8 Å². The summed E-state index contributed by atoms with van der Waals surface area (Å²) >= 11 is 0. The summed E-state index contributed by atoms with van der Waals surface area (Å²) in [5, 5.41) is 0. The normalized spacial score (nSPS) is 17.1. The first-order valence-electron chi connectivity index (χ1n) is 7.41. The standard InChI is InChI=1S/C17H25NO2/c1-17(2,3)15-6-4-5-14(13-15)16(19)7-8-18-9-11-20-12-10-18/h4-6,13H,7-12H2,1-3H3. The van der Waals surface area contributed by atoms with Gasteiger partial charge in [0.2, 0.25) is 0 Å². The minimum Gasteiger partial charge on any atom is -0.379 e. The van der Waals surface area contributed by atoms with Gasteiger partial charge in [-0.3, -0.25) is 9.69 Å². The Hall–Kier alpha value is -1.19. The fourth-order valence-electron chi connectivity index (χ4n) is 2.39. The van der Waals surface area contributed by atoms with E-state index in [1.807, 2.05) is 18.2 Å². The molecule has 1 aromatic rings. The second-order valence-corrected chi connectivity index (χ2v) is 6.46. The molecule has 0 saturated carbocycles. The first-order chi connectivity index (χ1) is 9.47. The third kappa shape index (κ3) is 4.15. The van der Waals surface area contributed by atoms with Gasteiger partial charge in [0, 0.05) is 31.6 Å². The molecule has 2 rings (SSSR count). The number of hydrogen-bond donors (Lipinski definition) is 0. The van der Waals surface area contributed by atoms with Crippen LogP contribution in [0.2, 0.25) is 0 Å². The molecule has 1 fully saturated rings. The van der Waals surface area contributed by atoms with E-state index in [0.717, 1.165) is 38.4 Å². The van der Waals surface area contributed by atoms with Gasteiger partial charge in [-0.05, 0) is 17.0 Å². The van der Waals surface area contributed by atoms with Crippen LogP contribution in [0.3, 0.4) is 0 Å². The number of nitrogens with zero attached hydrogens (tertiary/aromatic N) is 1. The molecule has 0 bridgehead atoms. The summed E-state index contributed by atoms with van der Waals surface area (Å²) in [5.74, 6) is 0.239. The summed E-state index contributed by atoms with van der Waals surface area (Å²) in [6.45, 7) is 10.8. The lowest BCUT2D eigenvalue weighted by Gasteiger charge is -2.26. The zero-order valence-electron chi connectivity index (χ0n) is 12.8. The van der Waals surface area contributed by atoms with Gasteiger partial charge in [-0.15, -0.1) is 0 Å². The summed E-state index contributed by atoms with van der Waals surface area (Å²) in [4.78, 5) is 14.6. The lowest BCUT2D eigenvalue weighted by Crippen LogP contribution is -2.37. The Bertz CT molecular complexity index is 456. The Morgan fingerprint density at radius 1 is 1.25 bits per heavy atom. The molecule has 1 heterocycles. The number of benzene rings is 1. The number of carbonyl (C=O) groups excluding carboxylic acids is 1. The molecule has 0 N–H and O–H groups in total. The number of rotatable bonds is 4. The maximum absolute atomic E-state index is 12.3. The molecule has 0 aliphatic carbocycles. The predicted octanol–water partition coefficient (Wildman–Crippen LogP) is 2.89. The van der Waals surface area contributed by atoms with Crippen molar-refractivity contribution in [3.05, 3.63) is 35.4 Å². The zero-order valence-corrected chi connectivity index (χ0v) is 12.8. The second kappa shape index (κ2) is 6.51. The van der Waals surface area contributed by atoms with E-state index in [1.165, 1.54) is 5.56 Å². The van der Waals surface area contributed by atoms with Crippen LogP contribution in [-0.4, -0.2) is 43.5 Å². The van der Waals surface area contributed by atoms with Gasteiger partial charge >= 0.3 is 0 Å². The molecule has 0 atom stereocenters. The average molecular weight is 275 g/mol. The molecule has 1 saturated heterocycles. The number of hydrogen-bond acceptors (Lipinski definition) is 3. The van der Waals surface area contributed by atoms with Gasteiger partial charge in [-0.25, -0.2) is 0 Å². The van der Waals surface area contributed by atoms with Gasteiger partial charge in [0.05, 0.1) is 13.2 Å². The Morgan fingerprint density at radius 2 is 1.95 bits per heavy atom. The maximum Gasteiger partial charge on any atom is 0.164 e. The van der Waals surface area contributed by atoms with Crippen LogP contribution in [0, 0.1) is 0 Å². The molecule has 110 valence electrons. The molecular formula is C17H25NO2. The highest BCUT2D eigenvalue weighted by Gasteiger charge is 2.17. The minimum absolute atomic E-state index is 0.0838. The number of carbonyl (C=O) groups is 1. The van der Waals surface area contributed by atoms with Gasteiger partial charge in [0.15, 0.2) is 5.78 Å². The SMILES string of the molecule is CC(C)(C)c1cccc(C(=O)CCN2CCOCC2)c1. The van der Waals surface area contributed by atoms with Crippen molar-refractivity contribution in [1.29, 1.82) is 0 Å². The Balaban J connectivity index is 1.95. The smallest absolute Gasteiger partial charge is 0.164 e. The fourth-order valence-corrected chi connectivity index (χ4v) is 2.39. The van der Waals surface area contributed by atoms with E-state index >= 15 is 0 Å². The largest absolute Gasteiger partial charge is 0.379 e. The highest BCUT2D eigenvalue weighted by Crippen LogP contribution is 2.23. The summed E-state index contributed by atoms with van der Waals surface area (Å²) in [7, 11) is 0. The van der Waals surface area contributed by atoms with Gasteiger partial charge in [0.1, 0.15) is 0 Å². The summed E-state index contributed by atoms with van der Waals surface area (Å²) in [6.07, 6.45) is 0.591. The van der Waals surface area contributed by atoms with E-state index in [1.54, 1.807) is 0 Å². The third-order valence-corrected chi connectivity index (χ3v) is 3.81. The Morgan fingerprint density at radius 3 is 2.60 bits per heavy atom. The number of Topliss-reactive ketones (excluding diaryl/α,β-unsaturated/α-hetero) is 1. The summed E-state index contributed by atoms with van der Waals surface area (Å²) in [6, 6.07) is 8.06. The highest BCUT2D eigenvalue weighted by molar-refractivity contribution is 5.96. The van der Waals surface area contributed by atoms with Gasteiger partial charge < -0.3 is 4.74 Å². The second-order valence-electron chi connectivity index (χ2n) is 6.46. The van der Waals surface area contributed by atoms with Crippen molar-refractivity contribution < 1.29 is 9.53 Å². The van der Waals surface area contributed by atoms with Crippen molar-refractivity contribution in [2.24, 2.45) is 0 Å². The van der Waals surface area contributed by atoms with Crippen LogP contribution in [0.5, 0.6) is 0 Å². The first-order valence-corrected chi connectivity index (χ1v) is 7.41. The molecule has 1 aliphatic rings. The molecule has 0 amide bonds.